The van der Waals surface area contributed by atoms with E-state index in [4.69, 9.17) is 4.74 Å². The van der Waals surface area contributed by atoms with Crippen molar-refractivity contribution in [1.82, 2.24) is 5.32 Å². The SMILES string of the molecule is CCNC(c1ccc(Br)cc1F)C1CCOC2(CCC2)C1. The van der Waals surface area contributed by atoms with Crippen LogP contribution in [0, 0.1) is 11.7 Å². The molecule has 0 aromatic heterocycles. The summed E-state index contributed by atoms with van der Waals surface area (Å²) in [5, 5.41) is 3.50. The van der Waals surface area contributed by atoms with Crippen LogP contribution >= 0.6 is 15.9 Å². The number of halogens is 2. The van der Waals surface area contributed by atoms with Gasteiger partial charge in [0.25, 0.3) is 0 Å². The van der Waals surface area contributed by atoms with E-state index in [1.54, 1.807) is 6.07 Å². The smallest absolute Gasteiger partial charge is 0.129 e. The Morgan fingerprint density at radius 1 is 1.48 bits per heavy atom. The van der Waals surface area contributed by atoms with Gasteiger partial charge in [-0.3, -0.25) is 0 Å². The molecule has 2 nitrogen and oxygen atoms in total. The van der Waals surface area contributed by atoms with Crippen molar-refractivity contribution in [1.29, 1.82) is 0 Å². The average molecular weight is 356 g/mol. The molecule has 2 unspecified atom stereocenters. The Hall–Kier alpha value is -0.450. The first kappa shape index (κ1) is 15.4. The van der Waals surface area contributed by atoms with Gasteiger partial charge in [-0.25, -0.2) is 4.39 Å². The topological polar surface area (TPSA) is 21.3 Å². The van der Waals surface area contributed by atoms with Crippen LogP contribution in [-0.4, -0.2) is 18.8 Å². The van der Waals surface area contributed by atoms with Gasteiger partial charge in [0.15, 0.2) is 0 Å². The van der Waals surface area contributed by atoms with Gasteiger partial charge in [0.1, 0.15) is 5.82 Å². The van der Waals surface area contributed by atoms with Crippen molar-refractivity contribution in [2.45, 2.75) is 50.7 Å². The fourth-order valence-electron chi connectivity index (χ4n) is 3.77. The summed E-state index contributed by atoms with van der Waals surface area (Å²) in [4.78, 5) is 0. The van der Waals surface area contributed by atoms with E-state index in [-0.39, 0.29) is 17.5 Å². The third-order valence-corrected chi connectivity index (χ3v) is 5.48. The molecule has 116 valence electrons. The predicted octanol–water partition coefficient (Wildman–Crippen LogP) is 4.59. The Morgan fingerprint density at radius 3 is 2.90 bits per heavy atom. The van der Waals surface area contributed by atoms with E-state index >= 15 is 0 Å². The van der Waals surface area contributed by atoms with E-state index in [2.05, 4.69) is 28.2 Å². The maximum atomic E-state index is 14.4. The number of hydrogen-bond donors (Lipinski definition) is 1. The second-order valence-electron chi connectivity index (χ2n) is 6.34. The molecule has 1 saturated heterocycles. The van der Waals surface area contributed by atoms with Crippen molar-refractivity contribution in [2.75, 3.05) is 13.2 Å². The molecule has 2 aliphatic rings. The van der Waals surface area contributed by atoms with Crippen LogP contribution in [0.1, 0.15) is 50.6 Å². The summed E-state index contributed by atoms with van der Waals surface area (Å²) in [5.74, 6) is 0.333. The molecule has 0 radical (unpaired) electrons. The maximum absolute atomic E-state index is 14.4. The maximum Gasteiger partial charge on any atom is 0.129 e. The summed E-state index contributed by atoms with van der Waals surface area (Å²) in [7, 11) is 0. The van der Waals surface area contributed by atoms with E-state index in [9.17, 15) is 4.39 Å². The monoisotopic (exact) mass is 355 g/mol. The molecule has 1 aliphatic carbocycles. The summed E-state index contributed by atoms with van der Waals surface area (Å²) >= 11 is 3.34. The Balaban J connectivity index is 1.83. The standard InChI is InChI=1S/C17H23BrFNO/c1-2-20-16(14-5-4-13(18)10-15(14)19)12-6-9-21-17(11-12)7-3-8-17/h4-5,10,12,16,20H,2-3,6-9,11H2,1H3. The Labute approximate surface area is 134 Å². The van der Waals surface area contributed by atoms with Crippen molar-refractivity contribution < 1.29 is 9.13 Å². The average Bonchev–Trinajstić information content (AvgIpc) is 2.44. The largest absolute Gasteiger partial charge is 0.375 e. The molecule has 1 heterocycles. The lowest BCUT2D eigenvalue weighted by Gasteiger charge is -2.49. The zero-order valence-corrected chi connectivity index (χ0v) is 14.1. The highest BCUT2D eigenvalue weighted by Crippen LogP contribution is 2.47. The molecule has 2 atom stereocenters. The fourth-order valence-corrected chi connectivity index (χ4v) is 4.11. The Bertz CT molecular complexity index is 504. The number of nitrogens with one attached hydrogen (secondary N) is 1. The third-order valence-electron chi connectivity index (χ3n) is 4.99. The van der Waals surface area contributed by atoms with Crippen LogP contribution in [0.25, 0.3) is 0 Å². The third kappa shape index (κ3) is 3.17. The van der Waals surface area contributed by atoms with E-state index in [1.807, 2.05) is 12.1 Å². The normalized spacial score (nSPS) is 25.6. The summed E-state index contributed by atoms with van der Waals surface area (Å²) in [6.07, 6.45) is 5.68. The van der Waals surface area contributed by atoms with Gasteiger partial charge in [-0.2, -0.15) is 0 Å². The molecular weight excluding hydrogens is 333 g/mol. The van der Waals surface area contributed by atoms with Gasteiger partial charge in [0.05, 0.1) is 5.60 Å². The van der Waals surface area contributed by atoms with E-state index in [0.29, 0.717) is 5.92 Å². The summed E-state index contributed by atoms with van der Waals surface area (Å²) < 4.78 is 21.2. The molecule has 2 fully saturated rings. The summed E-state index contributed by atoms with van der Waals surface area (Å²) in [5.41, 5.74) is 0.893. The number of rotatable bonds is 4. The quantitative estimate of drug-likeness (QED) is 0.852. The van der Waals surface area contributed by atoms with Crippen LogP contribution < -0.4 is 5.32 Å². The molecule has 3 rings (SSSR count). The lowest BCUT2D eigenvalue weighted by atomic mass is 9.69. The minimum Gasteiger partial charge on any atom is -0.375 e. The molecule has 1 aromatic carbocycles. The van der Waals surface area contributed by atoms with Gasteiger partial charge in [-0.1, -0.05) is 28.9 Å². The molecule has 1 saturated carbocycles. The van der Waals surface area contributed by atoms with E-state index in [0.717, 1.165) is 36.0 Å². The minimum absolute atomic E-state index is 0.0875. The van der Waals surface area contributed by atoms with Gasteiger partial charge in [0, 0.05) is 22.7 Å². The Morgan fingerprint density at radius 2 is 2.29 bits per heavy atom. The first-order valence-electron chi connectivity index (χ1n) is 7.96. The van der Waals surface area contributed by atoms with Crippen LogP contribution in [0.2, 0.25) is 0 Å². The van der Waals surface area contributed by atoms with Crippen molar-refractivity contribution in [3.8, 4) is 0 Å². The van der Waals surface area contributed by atoms with Crippen LogP contribution in [0.15, 0.2) is 22.7 Å². The van der Waals surface area contributed by atoms with Crippen molar-refractivity contribution in [2.24, 2.45) is 5.92 Å². The van der Waals surface area contributed by atoms with E-state index in [1.165, 1.54) is 19.3 Å². The van der Waals surface area contributed by atoms with Gasteiger partial charge in [-0.05, 0) is 56.7 Å². The van der Waals surface area contributed by atoms with Crippen LogP contribution in [0.3, 0.4) is 0 Å². The highest BCUT2D eigenvalue weighted by molar-refractivity contribution is 9.10. The van der Waals surface area contributed by atoms with Gasteiger partial charge in [-0.15, -0.1) is 0 Å². The van der Waals surface area contributed by atoms with Crippen molar-refractivity contribution in [3.63, 3.8) is 0 Å². The number of benzene rings is 1. The van der Waals surface area contributed by atoms with Crippen LogP contribution in [0.5, 0.6) is 0 Å². The molecule has 1 N–H and O–H groups in total. The van der Waals surface area contributed by atoms with Gasteiger partial charge >= 0.3 is 0 Å². The zero-order chi connectivity index (χ0) is 14.9. The summed E-state index contributed by atoms with van der Waals surface area (Å²) in [6.45, 7) is 3.75. The molecule has 0 bridgehead atoms. The minimum atomic E-state index is -0.121. The second-order valence-corrected chi connectivity index (χ2v) is 7.25. The lowest BCUT2D eigenvalue weighted by molar-refractivity contribution is -0.147. The molecule has 21 heavy (non-hydrogen) atoms. The fraction of sp³-hybridized carbons (Fsp3) is 0.647. The second kappa shape index (κ2) is 6.35. The zero-order valence-electron chi connectivity index (χ0n) is 12.5. The molecule has 1 aromatic rings. The van der Waals surface area contributed by atoms with Crippen LogP contribution in [0.4, 0.5) is 4.39 Å². The first-order chi connectivity index (χ1) is 10.1. The lowest BCUT2D eigenvalue weighted by Crippen LogP contribution is -2.48. The van der Waals surface area contributed by atoms with Gasteiger partial charge < -0.3 is 10.1 Å². The van der Waals surface area contributed by atoms with E-state index < -0.39 is 0 Å². The number of hydrogen-bond acceptors (Lipinski definition) is 2. The highest BCUT2D eigenvalue weighted by atomic mass is 79.9. The first-order valence-corrected chi connectivity index (χ1v) is 8.75. The predicted molar refractivity (Wildman–Crippen MR) is 85.8 cm³/mol. The molecule has 4 heteroatoms. The Kier molecular flexibility index (Phi) is 4.67. The molecule has 0 amide bonds. The van der Waals surface area contributed by atoms with Crippen molar-refractivity contribution in [3.05, 3.63) is 34.1 Å². The van der Waals surface area contributed by atoms with Gasteiger partial charge in [0.2, 0.25) is 0 Å². The number of ether oxygens (including phenoxy) is 1. The highest BCUT2D eigenvalue weighted by Gasteiger charge is 2.44. The summed E-state index contributed by atoms with van der Waals surface area (Å²) in [6, 6.07) is 5.50. The molecular formula is C17H23BrFNO. The van der Waals surface area contributed by atoms with Crippen LogP contribution in [-0.2, 0) is 4.74 Å². The molecule has 1 spiro atoms. The molecule has 1 aliphatic heterocycles. The van der Waals surface area contributed by atoms with Crippen molar-refractivity contribution >= 4 is 15.9 Å².